The molecule has 6 nitrogen and oxygen atoms in total. The average Bonchev–Trinajstić information content (AvgIpc) is 2.25. The molecule has 0 spiro atoms. The molecular weight excluding hydrogens is 212 g/mol. The van der Waals surface area contributed by atoms with E-state index in [0.29, 0.717) is 5.56 Å². The van der Waals surface area contributed by atoms with Crippen molar-refractivity contribution in [1.29, 1.82) is 0 Å². The fourth-order valence-corrected chi connectivity index (χ4v) is 1.07. The molecule has 1 aromatic rings. The van der Waals surface area contributed by atoms with E-state index >= 15 is 0 Å². The molecule has 1 aromatic heterocycles. The van der Waals surface area contributed by atoms with E-state index in [2.05, 4.69) is 9.72 Å². The summed E-state index contributed by atoms with van der Waals surface area (Å²) in [5.41, 5.74) is -0.648. The minimum Gasteiger partial charge on any atom is -0.469 e. The third kappa shape index (κ3) is 2.94. The molecule has 0 amide bonds. The molecule has 0 radical (unpaired) electrons. The Morgan fingerprint density at radius 3 is 2.88 bits per heavy atom. The van der Waals surface area contributed by atoms with E-state index in [1.54, 1.807) is 0 Å². The van der Waals surface area contributed by atoms with Crippen molar-refractivity contribution in [1.82, 2.24) is 9.55 Å². The molecule has 0 atom stereocenters. The lowest BCUT2D eigenvalue weighted by Gasteiger charge is -1.97. The molecule has 1 rings (SSSR count). The molecule has 0 saturated heterocycles. The number of carbonyl (C=O) groups is 1. The van der Waals surface area contributed by atoms with Crippen molar-refractivity contribution in [3.05, 3.63) is 38.7 Å². The van der Waals surface area contributed by atoms with Crippen LogP contribution in [0.4, 0.5) is 0 Å². The topological polar surface area (TPSA) is 81.2 Å². The van der Waals surface area contributed by atoms with Crippen molar-refractivity contribution in [2.75, 3.05) is 7.11 Å². The summed E-state index contributed by atoms with van der Waals surface area (Å²) in [6, 6.07) is 0. The van der Waals surface area contributed by atoms with Crippen molar-refractivity contribution in [3.8, 4) is 0 Å². The zero-order chi connectivity index (χ0) is 12.1. The highest BCUT2D eigenvalue weighted by Gasteiger charge is 1.99. The second-order valence-electron chi connectivity index (χ2n) is 3.14. The highest BCUT2D eigenvalue weighted by atomic mass is 16.5. The molecule has 0 saturated carbocycles. The van der Waals surface area contributed by atoms with E-state index in [9.17, 15) is 14.4 Å². The van der Waals surface area contributed by atoms with Crippen LogP contribution in [0.5, 0.6) is 0 Å². The Morgan fingerprint density at radius 1 is 1.56 bits per heavy atom. The zero-order valence-electron chi connectivity index (χ0n) is 9.02. The number of rotatable bonds is 3. The lowest BCUT2D eigenvalue weighted by molar-refractivity contribution is -0.139. The number of nitrogens with zero attached hydrogens (tertiary/aromatic N) is 1. The van der Waals surface area contributed by atoms with Crippen LogP contribution in [-0.4, -0.2) is 22.6 Å². The Morgan fingerprint density at radius 2 is 2.25 bits per heavy atom. The van der Waals surface area contributed by atoms with Crippen molar-refractivity contribution < 1.29 is 9.53 Å². The first-order chi connectivity index (χ1) is 7.54. The first kappa shape index (κ1) is 12.0. The predicted octanol–water partition coefficient (Wildman–Crippen LogP) is -0.350. The van der Waals surface area contributed by atoms with Gasteiger partial charge in [-0.2, -0.15) is 0 Å². The standard InChI is InChI=1S/C10H12N2O4/c1-12-6-7(9(14)11-10(12)15)4-3-5-8(13)16-2/h3-4,6H,5H2,1-2H3,(H,11,14,15)/b4-3+. The van der Waals surface area contributed by atoms with Crippen LogP contribution in [0, 0.1) is 0 Å². The molecule has 1 N–H and O–H groups in total. The summed E-state index contributed by atoms with van der Waals surface area (Å²) in [5, 5.41) is 0. The van der Waals surface area contributed by atoms with Gasteiger partial charge in [0.05, 0.1) is 19.1 Å². The summed E-state index contributed by atoms with van der Waals surface area (Å²) in [6.45, 7) is 0. The van der Waals surface area contributed by atoms with E-state index < -0.39 is 17.2 Å². The summed E-state index contributed by atoms with van der Waals surface area (Å²) in [7, 11) is 2.81. The van der Waals surface area contributed by atoms with Crippen molar-refractivity contribution in [2.24, 2.45) is 7.05 Å². The van der Waals surface area contributed by atoms with Gasteiger partial charge in [0.1, 0.15) is 0 Å². The van der Waals surface area contributed by atoms with Crippen LogP contribution in [0.1, 0.15) is 12.0 Å². The van der Waals surface area contributed by atoms with Gasteiger partial charge in [0.2, 0.25) is 0 Å². The molecule has 1 heterocycles. The van der Waals surface area contributed by atoms with Crippen LogP contribution in [0.15, 0.2) is 21.9 Å². The van der Waals surface area contributed by atoms with E-state index in [0.717, 1.165) is 0 Å². The largest absolute Gasteiger partial charge is 0.469 e. The van der Waals surface area contributed by atoms with Gasteiger partial charge >= 0.3 is 11.7 Å². The van der Waals surface area contributed by atoms with E-state index in [1.165, 1.54) is 37.1 Å². The summed E-state index contributed by atoms with van der Waals surface area (Å²) in [4.78, 5) is 35.3. The van der Waals surface area contributed by atoms with Gasteiger partial charge in [-0.15, -0.1) is 0 Å². The monoisotopic (exact) mass is 224 g/mol. The first-order valence-electron chi connectivity index (χ1n) is 4.58. The van der Waals surface area contributed by atoms with Gasteiger partial charge in [0, 0.05) is 13.2 Å². The third-order valence-corrected chi connectivity index (χ3v) is 1.95. The highest BCUT2D eigenvalue weighted by Crippen LogP contribution is 1.94. The van der Waals surface area contributed by atoms with Crippen LogP contribution in [0.2, 0.25) is 0 Å². The smallest absolute Gasteiger partial charge is 0.328 e. The minimum atomic E-state index is -0.482. The number of hydrogen-bond acceptors (Lipinski definition) is 4. The number of hydrogen-bond donors (Lipinski definition) is 1. The molecular formula is C10H12N2O4. The number of methoxy groups -OCH3 is 1. The Labute approximate surface area is 91.2 Å². The van der Waals surface area contributed by atoms with Gasteiger partial charge in [0.15, 0.2) is 0 Å². The number of H-pyrrole nitrogens is 1. The normalized spacial score (nSPS) is 10.6. The molecule has 0 unspecified atom stereocenters. The summed E-state index contributed by atoms with van der Waals surface area (Å²) in [6.07, 6.45) is 4.45. The number of esters is 1. The number of carbonyl (C=O) groups excluding carboxylic acids is 1. The SMILES string of the molecule is COC(=O)C/C=C/c1cn(C)c(=O)[nH]c1=O. The molecule has 0 fully saturated rings. The molecule has 0 aromatic carbocycles. The minimum absolute atomic E-state index is 0.0821. The van der Waals surface area contributed by atoms with Crippen LogP contribution < -0.4 is 11.2 Å². The van der Waals surface area contributed by atoms with E-state index in [-0.39, 0.29) is 6.42 Å². The fraction of sp³-hybridized carbons (Fsp3) is 0.300. The fourth-order valence-electron chi connectivity index (χ4n) is 1.07. The lowest BCUT2D eigenvalue weighted by atomic mass is 10.2. The molecule has 0 aliphatic heterocycles. The maximum Gasteiger partial charge on any atom is 0.328 e. The summed E-state index contributed by atoms with van der Waals surface area (Å²) >= 11 is 0. The lowest BCUT2D eigenvalue weighted by Crippen LogP contribution is -2.28. The van der Waals surface area contributed by atoms with Gasteiger partial charge in [-0.3, -0.25) is 14.6 Å². The van der Waals surface area contributed by atoms with Gasteiger partial charge in [-0.25, -0.2) is 4.79 Å². The molecule has 0 aliphatic carbocycles. The summed E-state index contributed by atoms with van der Waals surface area (Å²) in [5.74, 6) is -0.391. The van der Waals surface area contributed by atoms with Gasteiger partial charge in [0.25, 0.3) is 5.56 Å². The predicted molar refractivity (Wildman–Crippen MR) is 58.0 cm³/mol. The van der Waals surface area contributed by atoms with Crippen molar-refractivity contribution in [2.45, 2.75) is 6.42 Å². The first-order valence-corrected chi connectivity index (χ1v) is 4.58. The maximum atomic E-state index is 11.3. The number of aryl methyl sites for hydroxylation is 1. The average molecular weight is 224 g/mol. The second-order valence-corrected chi connectivity index (χ2v) is 3.14. The second kappa shape index (κ2) is 5.11. The molecule has 16 heavy (non-hydrogen) atoms. The molecule has 0 aliphatic rings. The zero-order valence-corrected chi connectivity index (χ0v) is 9.02. The van der Waals surface area contributed by atoms with E-state index in [4.69, 9.17) is 0 Å². The Kier molecular flexibility index (Phi) is 3.82. The molecule has 86 valence electrons. The maximum absolute atomic E-state index is 11.3. The quantitative estimate of drug-likeness (QED) is 0.711. The van der Waals surface area contributed by atoms with Crippen molar-refractivity contribution in [3.63, 3.8) is 0 Å². The third-order valence-electron chi connectivity index (χ3n) is 1.95. The van der Waals surface area contributed by atoms with Crippen LogP contribution >= 0.6 is 0 Å². The van der Waals surface area contributed by atoms with Gasteiger partial charge in [-0.1, -0.05) is 12.2 Å². The van der Waals surface area contributed by atoms with Crippen LogP contribution in [0.25, 0.3) is 6.08 Å². The van der Waals surface area contributed by atoms with Crippen LogP contribution in [-0.2, 0) is 16.6 Å². The number of ether oxygens (including phenoxy) is 1. The molecule has 6 heteroatoms. The highest BCUT2D eigenvalue weighted by molar-refractivity contribution is 5.72. The molecule has 0 bridgehead atoms. The van der Waals surface area contributed by atoms with Crippen LogP contribution in [0.3, 0.4) is 0 Å². The Bertz CT molecular complexity index is 524. The van der Waals surface area contributed by atoms with Crippen molar-refractivity contribution >= 4 is 12.0 Å². The number of aromatic nitrogens is 2. The number of aromatic amines is 1. The van der Waals surface area contributed by atoms with E-state index in [1.807, 2.05) is 0 Å². The Balaban J connectivity index is 2.90. The summed E-state index contributed by atoms with van der Waals surface area (Å²) < 4.78 is 5.68. The Hall–Kier alpha value is -2.11. The van der Waals surface area contributed by atoms with Gasteiger partial charge in [-0.05, 0) is 0 Å². The number of nitrogens with one attached hydrogen (secondary N) is 1. The van der Waals surface area contributed by atoms with Gasteiger partial charge < -0.3 is 9.30 Å².